The zero-order valence-electron chi connectivity index (χ0n) is 13.4. The molecule has 6 nitrogen and oxygen atoms in total. The van der Waals surface area contributed by atoms with Crippen LogP contribution in [-0.4, -0.2) is 43.5 Å². The smallest absolute Gasteiger partial charge is 0.280 e. The first kappa shape index (κ1) is 15.4. The van der Waals surface area contributed by atoms with E-state index in [0.717, 1.165) is 30.3 Å². The summed E-state index contributed by atoms with van der Waals surface area (Å²) in [6, 6.07) is 1.41. The summed E-state index contributed by atoms with van der Waals surface area (Å²) >= 11 is 0. The molecule has 1 amide bonds. The lowest BCUT2D eigenvalue weighted by atomic mass is 9.93. The van der Waals surface area contributed by atoms with E-state index in [1.54, 1.807) is 0 Å². The van der Waals surface area contributed by atoms with Crippen molar-refractivity contribution in [1.29, 1.82) is 0 Å². The van der Waals surface area contributed by atoms with Crippen molar-refractivity contribution in [3.05, 3.63) is 23.8 Å². The molecule has 3 heterocycles. The number of rotatable bonds is 3. The van der Waals surface area contributed by atoms with Gasteiger partial charge in [-0.1, -0.05) is 6.92 Å². The van der Waals surface area contributed by atoms with Gasteiger partial charge >= 0.3 is 0 Å². The molecule has 128 valence electrons. The van der Waals surface area contributed by atoms with Gasteiger partial charge in [0.1, 0.15) is 12.0 Å². The molecule has 0 N–H and O–H groups in total. The van der Waals surface area contributed by atoms with Gasteiger partial charge in [0.25, 0.3) is 12.2 Å². The SMILES string of the molecule is C[C@@H]1C[C@H]1C(=O)N1CCC[C@@H](c2cc(C(F)F)n3ncnc3n2)C1. The first-order valence-electron chi connectivity index (χ1n) is 8.32. The van der Waals surface area contributed by atoms with Crippen molar-refractivity contribution in [2.75, 3.05) is 13.1 Å². The summed E-state index contributed by atoms with van der Waals surface area (Å²) in [6.07, 6.45) is 1.23. The van der Waals surface area contributed by atoms with E-state index < -0.39 is 6.43 Å². The highest BCUT2D eigenvalue weighted by Gasteiger charge is 2.42. The Labute approximate surface area is 137 Å². The minimum Gasteiger partial charge on any atom is -0.342 e. The standard InChI is InChI=1S/C16H19F2N5O/c1-9-5-11(9)15(24)22-4-2-3-10(7-22)12-6-13(14(17)18)23-16(21-12)19-8-20-23/h6,8-11,14H,2-5,7H2,1H3/t9-,10-,11-/m1/s1. The Kier molecular flexibility index (Phi) is 3.69. The highest BCUT2D eigenvalue weighted by molar-refractivity contribution is 5.81. The van der Waals surface area contributed by atoms with E-state index in [1.165, 1.54) is 12.4 Å². The van der Waals surface area contributed by atoms with Gasteiger partial charge in [-0.05, 0) is 31.2 Å². The molecule has 24 heavy (non-hydrogen) atoms. The number of piperidine rings is 1. The molecule has 1 aliphatic heterocycles. The van der Waals surface area contributed by atoms with Crippen molar-refractivity contribution in [3.63, 3.8) is 0 Å². The van der Waals surface area contributed by atoms with E-state index in [4.69, 9.17) is 0 Å². The Morgan fingerprint density at radius 1 is 1.42 bits per heavy atom. The van der Waals surface area contributed by atoms with Gasteiger partial charge in [0.05, 0.1) is 5.69 Å². The van der Waals surface area contributed by atoms with Crippen LogP contribution < -0.4 is 0 Å². The fourth-order valence-electron chi connectivity index (χ4n) is 3.54. The van der Waals surface area contributed by atoms with Gasteiger partial charge in [-0.3, -0.25) is 4.79 Å². The van der Waals surface area contributed by atoms with Gasteiger partial charge in [-0.2, -0.15) is 14.6 Å². The number of hydrogen-bond acceptors (Lipinski definition) is 4. The predicted octanol–water partition coefficient (Wildman–Crippen LogP) is 2.42. The number of amides is 1. The van der Waals surface area contributed by atoms with Crippen LogP contribution in [0.1, 0.15) is 49.9 Å². The van der Waals surface area contributed by atoms with Gasteiger partial charge in [-0.25, -0.2) is 13.8 Å². The largest absolute Gasteiger partial charge is 0.342 e. The number of fused-ring (bicyclic) bond motifs is 1. The highest BCUT2D eigenvalue weighted by Crippen LogP contribution is 2.40. The Morgan fingerprint density at radius 2 is 2.21 bits per heavy atom. The van der Waals surface area contributed by atoms with E-state index in [2.05, 4.69) is 22.0 Å². The van der Waals surface area contributed by atoms with Crippen LogP contribution in [0.25, 0.3) is 5.78 Å². The van der Waals surface area contributed by atoms with Crippen molar-refractivity contribution in [3.8, 4) is 0 Å². The van der Waals surface area contributed by atoms with Crippen molar-refractivity contribution in [2.24, 2.45) is 11.8 Å². The van der Waals surface area contributed by atoms with Crippen LogP contribution >= 0.6 is 0 Å². The number of carbonyl (C=O) groups is 1. The van der Waals surface area contributed by atoms with E-state index in [0.29, 0.717) is 18.2 Å². The summed E-state index contributed by atoms with van der Waals surface area (Å²) in [4.78, 5) is 22.7. The molecule has 0 spiro atoms. The Balaban J connectivity index is 1.60. The summed E-state index contributed by atoms with van der Waals surface area (Å²) in [7, 11) is 0. The highest BCUT2D eigenvalue weighted by atomic mass is 19.3. The quantitative estimate of drug-likeness (QED) is 0.864. The monoisotopic (exact) mass is 335 g/mol. The molecule has 4 rings (SSSR count). The molecule has 1 saturated heterocycles. The summed E-state index contributed by atoms with van der Waals surface area (Å²) < 4.78 is 27.7. The number of likely N-dealkylation sites (tertiary alicyclic amines) is 1. The van der Waals surface area contributed by atoms with Gasteiger partial charge in [0.2, 0.25) is 5.91 Å². The Morgan fingerprint density at radius 3 is 2.92 bits per heavy atom. The maximum Gasteiger partial charge on any atom is 0.280 e. The molecule has 0 aromatic carbocycles. The van der Waals surface area contributed by atoms with Crippen molar-refractivity contribution in [2.45, 2.75) is 38.5 Å². The number of nitrogens with zero attached hydrogens (tertiary/aromatic N) is 5. The average Bonchev–Trinajstić information content (AvgIpc) is 3.12. The zero-order chi connectivity index (χ0) is 16.8. The molecule has 1 saturated carbocycles. The Bertz CT molecular complexity index is 777. The van der Waals surface area contributed by atoms with Crippen LogP contribution in [0.4, 0.5) is 8.78 Å². The van der Waals surface area contributed by atoms with Gasteiger partial charge < -0.3 is 4.90 Å². The lowest BCUT2D eigenvalue weighted by Gasteiger charge is -2.33. The second-order valence-corrected chi connectivity index (χ2v) is 6.82. The lowest BCUT2D eigenvalue weighted by molar-refractivity contribution is -0.134. The molecule has 3 atom stereocenters. The molecular formula is C16H19F2N5O. The molecular weight excluding hydrogens is 316 g/mol. The minimum absolute atomic E-state index is 0.0315. The Hall–Kier alpha value is -2.12. The molecule has 0 radical (unpaired) electrons. The summed E-state index contributed by atoms with van der Waals surface area (Å²) in [5.41, 5.74) is 0.374. The van der Waals surface area contributed by atoms with E-state index in [9.17, 15) is 13.6 Å². The average molecular weight is 335 g/mol. The number of hydrogen-bond donors (Lipinski definition) is 0. The van der Waals surface area contributed by atoms with E-state index in [-0.39, 0.29) is 29.2 Å². The summed E-state index contributed by atoms with van der Waals surface area (Å²) in [6.45, 7) is 3.37. The third kappa shape index (κ3) is 2.63. The number of carbonyl (C=O) groups excluding carboxylic acids is 1. The summed E-state index contributed by atoms with van der Waals surface area (Å²) in [5, 5.41) is 3.81. The molecule has 2 aliphatic rings. The third-order valence-electron chi connectivity index (χ3n) is 5.10. The van der Waals surface area contributed by atoms with Crippen LogP contribution in [-0.2, 0) is 4.79 Å². The first-order chi connectivity index (χ1) is 11.5. The lowest BCUT2D eigenvalue weighted by Crippen LogP contribution is -2.40. The van der Waals surface area contributed by atoms with E-state index in [1.807, 2.05) is 4.90 Å². The van der Waals surface area contributed by atoms with E-state index >= 15 is 0 Å². The van der Waals surface area contributed by atoms with Crippen LogP contribution in [0, 0.1) is 11.8 Å². The maximum absolute atomic E-state index is 13.3. The predicted molar refractivity (Wildman–Crippen MR) is 81.6 cm³/mol. The topological polar surface area (TPSA) is 63.4 Å². The van der Waals surface area contributed by atoms with Crippen LogP contribution in [0.5, 0.6) is 0 Å². The second-order valence-electron chi connectivity index (χ2n) is 6.82. The van der Waals surface area contributed by atoms with Gasteiger partial charge in [0, 0.05) is 24.9 Å². The van der Waals surface area contributed by atoms with Gasteiger partial charge in [0.15, 0.2) is 0 Å². The second kappa shape index (κ2) is 5.75. The fourth-order valence-corrected chi connectivity index (χ4v) is 3.54. The third-order valence-corrected chi connectivity index (χ3v) is 5.10. The maximum atomic E-state index is 13.3. The number of halogens is 2. The van der Waals surface area contributed by atoms with Crippen LogP contribution in [0.2, 0.25) is 0 Å². The number of alkyl halides is 2. The molecule has 2 aromatic rings. The summed E-state index contributed by atoms with van der Waals surface area (Å²) in [5.74, 6) is 0.962. The molecule has 8 heteroatoms. The molecule has 2 aromatic heterocycles. The van der Waals surface area contributed by atoms with Gasteiger partial charge in [-0.15, -0.1) is 0 Å². The van der Waals surface area contributed by atoms with Crippen molar-refractivity contribution < 1.29 is 13.6 Å². The molecule has 0 bridgehead atoms. The zero-order valence-corrected chi connectivity index (χ0v) is 13.4. The van der Waals surface area contributed by atoms with Crippen molar-refractivity contribution in [1.82, 2.24) is 24.5 Å². The van der Waals surface area contributed by atoms with Crippen LogP contribution in [0.3, 0.4) is 0 Å². The normalized spacial score (nSPS) is 27.0. The fraction of sp³-hybridized carbons (Fsp3) is 0.625. The first-order valence-corrected chi connectivity index (χ1v) is 8.32. The molecule has 1 aliphatic carbocycles. The number of aromatic nitrogens is 4. The minimum atomic E-state index is -2.65. The van der Waals surface area contributed by atoms with Crippen molar-refractivity contribution >= 4 is 11.7 Å². The molecule has 2 fully saturated rings. The van der Waals surface area contributed by atoms with Crippen LogP contribution in [0.15, 0.2) is 12.4 Å². The molecule has 0 unspecified atom stereocenters.